The van der Waals surface area contributed by atoms with Crippen LogP contribution in [-0.2, 0) is 0 Å². The summed E-state index contributed by atoms with van der Waals surface area (Å²) in [5.41, 5.74) is 3.09. The Kier molecular flexibility index (Phi) is 4.93. The Labute approximate surface area is 109 Å². The van der Waals surface area contributed by atoms with Crippen LogP contribution < -0.4 is 5.32 Å². The molecule has 1 aromatic rings. The lowest BCUT2D eigenvalue weighted by Crippen LogP contribution is -2.27. The zero-order valence-electron chi connectivity index (χ0n) is 10.9. The van der Waals surface area contributed by atoms with E-state index in [9.17, 15) is 0 Å². The lowest BCUT2D eigenvalue weighted by Gasteiger charge is -2.30. The molecule has 0 radical (unpaired) electrons. The van der Waals surface area contributed by atoms with E-state index >= 15 is 0 Å². The molecule has 17 heavy (non-hydrogen) atoms. The first kappa shape index (κ1) is 13.0. The molecule has 0 bridgehead atoms. The van der Waals surface area contributed by atoms with E-state index in [0.29, 0.717) is 6.04 Å². The molecule has 0 heterocycles. The van der Waals surface area contributed by atoms with Crippen LogP contribution in [0.1, 0.15) is 49.3 Å². The molecule has 1 N–H and O–H groups in total. The predicted molar refractivity (Wildman–Crippen MR) is 77.8 cm³/mol. The second-order valence-electron chi connectivity index (χ2n) is 4.96. The van der Waals surface area contributed by atoms with Crippen LogP contribution in [0.4, 0.5) is 0 Å². The highest BCUT2D eigenvalue weighted by atomic mass is 32.2. The third-order valence-electron chi connectivity index (χ3n) is 3.71. The van der Waals surface area contributed by atoms with Crippen LogP contribution in [0.25, 0.3) is 0 Å². The van der Waals surface area contributed by atoms with Gasteiger partial charge in [0.15, 0.2) is 0 Å². The standard InChI is InChI=1S/C15H23NS/c1-12-8-9-15(16-10-5-11-17-2)14-7-4-3-6-13(12)14/h3-4,6-7,12,15-16H,5,8-11H2,1-2H3. The molecule has 1 aromatic carbocycles. The summed E-state index contributed by atoms with van der Waals surface area (Å²) < 4.78 is 0. The van der Waals surface area contributed by atoms with Crippen molar-refractivity contribution in [2.75, 3.05) is 18.6 Å². The molecule has 2 rings (SSSR count). The molecule has 0 saturated heterocycles. The fraction of sp³-hybridized carbons (Fsp3) is 0.600. The molecule has 2 atom stereocenters. The van der Waals surface area contributed by atoms with Crippen LogP contribution in [0.3, 0.4) is 0 Å². The number of nitrogens with one attached hydrogen (secondary N) is 1. The highest BCUT2D eigenvalue weighted by Gasteiger charge is 2.23. The van der Waals surface area contributed by atoms with Gasteiger partial charge in [0, 0.05) is 6.04 Å². The normalized spacial score (nSPS) is 23.4. The van der Waals surface area contributed by atoms with Gasteiger partial charge in [0.2, 0.25) is 0 Å². The minimum Gasteiger partial charge on any atom is -0.310 e. The average molecular weight is 249 g/mol. The first-order chi connectivity index (χ1) is 8.33. The summed E-state index contributed by atoms with van der Waals surface area (Å²) in [6.45, 7) is 3.50. The van der Waals surface area contributed by atoms with Gasteiger partial charge >= 0.3 is 0 Å². The van der Waals surface area contributed by atoms with Gasteiger partial charge in [-0.1, -0.05) is 31.2 Å². The monoisotopic (exact) mass is 249 g/mol. The number of fused-ring (bicyclic) bond motifs is 1. The van der Waals surface area contributed by atoms with Crippen molar-refractivity contribution in [3.63, 3.8) is 0 Å². The Morgan fingerprint density at radius 3 is 2.76 bits per heavy atom. The lowest BCUT2D eigenvalue weighted by molar-refractivity contribution is 0.433. The zero-order chi connectivity index (χ0) is 12.1. The van der Waals surface area contributed by atoms with E-state index in [1.807, 2.05) is 11.8 Å². The summed E-state index contributed by atoms with van der Waals surface area (Å²) in [5.74, 6) is 1.99. The molecule has 2 unspecified atom stereocenters. The minimum atomic E-state index is 0.587. The van der Waals surface area contributed by atoms with E-state index in [2.05, 4.69) is 42.8 Å². The van der Waals surface area contributed by atoms with Crippen molar-refractivity contribution >= 4 is 11.8 Å². The maximum absolute atomic E-state index is 3.72. The predicted octanol–water partition coefficient (Wildman–Crippen LogP) is 3.97. The number of hydrogen-bond donors (Lipinski definition) is 1. The fourth-order valence-electron chi connectivity index (χ4n) is 2.71. The van der Waals surface area contributed by atoms with Gasteiger partial charge in [-0.05, 0) is 54.9 Å². The quantitative estimate of drug-likeness (QED) is 0.793. The van der Waals surface area contributed by atoms with E-state index in [4.69, 9.17) is 0 Å². The Bertz CT molecular complexity index is 351. The molecular weight excluding hydrogens is 226 g/mol. The maximum Gasteiger partial charge on any atom is 0.0323 e. The summed E-state index contributed by atoms with van der Waals surface area (Å²) >= 11 is 1.93. The van der Waals surface area contributed by atoms with E-state index in [1.54, 1.807) is 5.56 Å². The van der Waals surface area contributed by atoms with Gasteiger partial charge in [-0.3, -0.25) is 0 Å². The van der Waals surface area contributed by atoms with E-state index < -0.39 is 0 Å². The first-order valence-corrected chi connectivity index (χ1v) is 8.03. The second kappa shape index (κ2) is 6.46. The fourth-order valence-corrected chi connectivity index (χ4v) is 3.14. The van der Waals surface area contributed by atoms with Crippen LogP contribution in [0.15, 0.2) is 24.3 Å². The van der Waals surface area contributed by atoms with Crippen molar-refractivity contribution in [3.8, 4) is 0 Å². The third-order valence-corrected chi connectivity index (χ3v) is 4.40. The van der Waals surface area contributed by atoms with Crippen LogP contribution in [0.5, 0.6) is 0 Å². The smallest absolute Gasteiger partial charge is 0.0323 e. The molecule has 0 saturated carbocycles. The van der Waals surface area contributed by atoms with Crippen molar-refractivity contribution in [2.24, 2.45) is 0 Å². The SMILES string of the molecule is CSCCCNC1CCC(C)c2ccccc21. The van der Waals surface area contributed by atoms with E-state index in [-0.39, 0.29) is 0 Å². The zero-order valence-corrected chi connectivity index (χ0v) is 11.7. The average Bonchev–Trinajstić information content (AvgIpc) is 2.37. The second-order valence-corrected chi connectivity index (χ2v) is 5.95. The van der Waals surface area contributed by atoms with Gasteiger partial charge in [0.25, 0.3) is 0 Å². The van der Waals surface area contributed by atoms with E-state index in [0.717, 1.165) is 12.5 Å². The minimum absolute atomic E-state index is 0.587. The maximum atomic E-state index is 3.72. The van der Waals surface area contributed by atoms with Crippen LogP contribution in [0, 0.1) is 0 Å². The van der Waals surface area contributed by atoms with Crippen molar-refractivity contribution < 1.29 is 0 Å². The summed E-state index contributed by atoms with van der Waals surface area (Å²) in [4.78, 5) is 0. The molecule has 0 amide bonds. The van der Waals surface area contributed by atoms with Crippen molar-refractivity contribution in [3.05, 3.63) is 35.4 Å². The summed E-state index contributed by atoms with van der Waals surface area (Å²) in [6, 6.07) is 9.54. The van der Waals surface area contributed by atoms with Gasteiger partial charge in [0.1, 0.15) is 0 Å². The topological polar surface area (TPSA) is 12.0 Å². The van der Waals surface area contributed by atoms with Gasteiger partial charge in [-0.2, -0.15) is 11.8 Å². The molecule has 2 heteroatoms. The summed E-state index contributed by atoms with van der Waals surface area (Å²) in [5, 5.41) is 3.72. The molecule has 0 spiro atoms. The molecule has 0 aromatic heterocycles. The molecular formula is C15H23NS. The van der Waals surface area contributed by atoms with Crippen LogP contribution in [0.2, 0.25) is 0 Å². The Hall–Kier alpha value is -0.470. The Balaban J connectivity index is 1.98. The number of rotatable bonds is 5. The van der Waals surface area contributed by atoms with Crippen molar-refractivity contribution in [2.45, 2.75) is 38.1 Å². The molecule has 0 fully saturated rings. The molecule has 94 valence electrons. The largest absolute Gasteiger partial charge is 0.310 e. The summed E-state index contributed by atoms with van der Waals surface area (Å²) in [6.07, 6.45) is 6.06. The van der Waals surface area contributed by atoms with E-state index in [1.165, 1.54) is 30.6 Å². The molecule has 0 aliphatic heterocycles. The highest BCUT2D eigenvalue weighted by molar-refractivity contribution is 7.98. The van der Waals surface area contributed by atoms with Crippen molar-refractivity contribution in [1.29, 1.82) is 0 Å². The lowest BCUT2D eigenvalue weighted by atomic mass is 9.81. The summed E-state index contributed by atoms with van der Waals surface area (Å²) in [7, 11) is 0. The molecule has 1 aliphatic rings. The number of hydrogen-bond acceptors (Lipinski definition) is 2. The first-order valence-electron chi connectivity index (χ1n) is 6.64. The van der Waals surface area contributed by atoms with Gasteiger partial charge in [-0.15, -0.1) is 0 Å². The Morgan fingerprint density at radius 2 is 2.00 bits per heavy atom. The Morgan fingerprint density at radius 1 is 1.24 bits per heavy atom. The number of thioether (sulfide) groups is 1. The molecule has 1 aliphatic carbocycles. The van der Waals surface area contributed by atoms with Gasteiger partial charge < -0.3 is 5.32 Å². The van der Waals surface area contributed by atoms with Gasteiger partial charge in [0.05, 0.1) is 0 Å². The molecule has 1 nitrogen and oxygen atoms in total. The third kappa shape index (κ3) is 3.26. The number of benzene rings is 1. The van der Waals surface area contributed by atoms with Crippen molar-refractivity contribution in [1.82, 2.24) is 5.32 Å². The van der Waals surface area contributed by atoms with Gasteiger partial charge in [-0.25, -0.2) is 0 Å². The highest BCUT2D eigenvalue weighted by Crippen LogP contribution is 2.36. The van der Waals surface area contributed by atoms with Crippen LogP contribution >= 0.6 is 11.8 Å². The van der Waals surface area contributed by atoms with Crippen LogP contribution in [-0.4, -0.2) is 18.6 Å².